The van der Waals surface area contributed by atoms with Gasteiger partial charge in [0.1, 0.15) is 0 Å². The second-order valence-corrected chi connectivity index (χ2v) is 6.43. The molecule has 1 aliphatic rings. The summed E-state index contributed by atoms with van der Waals surface area (Å²) in [7, 11) is 1.69. The van der Waals surface area contributed by atoms with Gasteiger partial charge >= 0.3 is 12.0 Å². The van der Waals surface area contributed by atoms with E-state index >= 15 is 0 Å². The minimum absolute atomic E-state index is 0.149. The number of carboxylic acid groups (broad SMARTS) is 1. The summed E-state index contributed by atoms with van der Waals surface area (Å²) in [6, 6.07) is 5.23. The summed E-state index contributed by atoms with van der Waals surface area (Å²) >= 11 is 7.81. The summed E-state index contributed by atoms with van der Waals surface area (Å²) in [6.07, 6.45) is 0.929. The van der Waals surface area contributed by atoms with Gasteiger partial charge in [0.25, 0.3) is 0 Å². The van der Waals surface area contributed by atoms with E-state index in [1.165, 1.54) is 0 Å². The Morgan fingerprint density at radius 3 is 2.76 bits per heavy atom. The zero-order valence-electron chi connectivity index (χ0n) is 11.6. The van der Waals surface area contributed by atoms with Crippen molar-refractivity contribution < 1.29 is 14.7 Å². The van der Waals surface area contributed by atoms with Crippen LogP contribution in [0.1, 0.15) is 18.0 Å². The molecule has 2 rings (SSSR count). The number of rotatable bonds is 4. The van der Waals surface area contributed by atoms with Crippen LogP contribution in [0.2, 0.25) is 5.02 Å². The Morgan fingerprint density at radius 2 is 2.19 bits per heavy atom. The summed E-state index contributed by atoms with van der Waals surface area (Å²) in [5, 5.41) is 12.2. The largest absolute Gasteiger partial charge is 0.479 e. The average molecular weight is 329 g/mol. The monoisotopic (exact) mass is 328 g/mol. The lowest BCUT2D eigenvalue weighted by atomic mass is 10.1. The van der Waals surface area contributed by atoms with Crippen LogP contribution >= 0.6 is 23.4 Å². The van der Waals surface area contributed by atoms with Crippen molar-refractivity contribution >= 4 is 35.4 Å². The van der Waals surface area contributed by atoms with E-state index in [2.05, 4.69) is 5.32 Å². The number of hydrogen-bond donors (Lipinski definition) is 2. The molecule has 0 radical (unpaired) electrons. The van der Waals surface area contributed by atoms with Gasteiger partial charge in [0.2, 0.25) is 0 Å². The summed E-state index contributed by atoms with van der Waals surface area (Å²) in [4.78, 5) is 25.2. The van der Waals surface area contributed by atoms with Crippen molar-refractivity contribution in [3.63, 3.8) is 0 Å². The highest BCUT2D eigenvalue weighted by Gasteiger charge is 2.29. The average Bonchev–Trinajstić information content (AvgIpc) is 2.98. The third-order valence-electron chi connectivity index (χ3n) is 3.50. The fourth-order valence-electron chi connectivity index (χ4n) is 2.20. The lowest BCUT2D eigenvalue weighted by Crippen LogP contribution is -2.46. The van der Waals surface area contributed by atoms with Gasteiger partial charge in [-0.15, -0.1) is 0 Å². The summed E-state index contributed by atoms with van der Waals surface area (Å²) in [5.74, 6) is 0.772. The van der Waals surface area contributed by atoms with Crippen LogP contribution in [-0.2, 0) is 4.79 Å². The molecule has 0 bridgehead atoms. The first-order chi connectivity index (χ1) is 10.0. The van der Waals surface area contributed by atoms with Crippen LogP contribution in [0, 0.1) is 0 Å². The summed E-state index contributed by atoms with van der Waals surface area (Å²) in [5.41, 5.74) is 0.384. The topological polar surface area (TPSA) is 69.6 Å². The Morgan fingerprint density at radius 1 is 1.48 bits per heavy atom. The number of aliphatic carboxylic acids is 1. The molecule has 0 saturated carbocycles. The molecule has 2 amide bonds. The quantitative estimate of drug-likeness (QED) is 0.891. The lowest BCUT2D eigenvalue weighted by Gasteiger charge is -2.26. The van der Waals surface area contributed by atoms with E-state index in [0.29, 0.717) is 10.6 Å². The van der Waals surface area contributed by atoms with E-state index in [-0.39, 0.29) is 6.04 Å². The SMILES string of the molecule is CN(C(=O)N[C@@H](C(=O)O)c1ccccc1Cl)C1CCSC1. The number of benzene rings is 1. The van der Waals surface area contributed by atoms with Crippen LogP contribution in [0.4, 0.5) is 4.79 Å². The number of carbonyl (C=O) groups is 2. The number of amides is 2. The number of carbonyl (C=O) groups excluding carboxylic acids is 1. The Hall–Kier alpha value is -1.40. The fourth-order valence-corrected chi connectivity index (χ4v) is 3.71. The highest BCUT2D eigenvalue weighted by Crippen LogP contribution is 2.24. The van der Waals surface area contributed by atoms with E-state index in [0.717, 1.165) is 17.9 Å². The zero-order valence-corrected chi connectivity index (χ0v) is 13.2. The lowest BCUT2D eigenvalue weighted by molar-refractivity contribution is -0.139. The maximum absolute atomic E-state index is 12.2. The molecule has 7 heteroatoms. The maximum Gasteiger partial charge on any atom is 0.331 e. The fraction of sp³-hybridized carbons (Fsp3) is 0.429. The standard InChI is InChI=1S/C14H17ClN2O3S/c1-17(9-6-7-21-8-9)14(20)16-12(13(18)19)10-4-2-3-5-11(10)15/h2-5,9,12H,6-8H2,1H3,(H,16,20)(H,18,19)/t9?,12-/m1/s1. The van der Waals surface area contributed by atoms with Crippen LogP contribution in [0.5, 0.6) is 0 Å². The van der Waals surface area contributed by atoms with Gasteiger partial charge in [-0.05, 0) is 18.2 Å². The van der Waals surface area contributed by atoms with E-state index in [1.54, 1.807) is 48.0 Å². The van der Waals surface area contributed by atoms with Gasteiger partial charge in [0.15, 0.2) is 6.04 Å². The molecule has 5 nitrogen and oxygen atoms in total. The van der Waals surface area contributed by atoms with Crippen LogP contribution in [-0.4, -0.2) is 46.6 Å². The van der Waals surface area contributed by atoms with Gasteiger partial charge in [-0.1, -0.05) is 29.8 Å². The van der Waals surface area contributed by atoms with E-state index in [4.69, 9.17) is 11.6 Å². The molecular formula is C14H17ClN2O3S. The van der Waals surface area contributed by atoms with Crippen molar-refractivity contribution in [2.24, 2.45) is 0 Å². The molecule has 1 aromatic rings. The van der Waals surface area contributed by atoms with Crippen LogP contribution in [0.3, 0.4) is 0 Å². The Balaban J connectivity index is 2.11. The predicted molar refractivity (Wildman–Crippen MR) is 83.9 cm³/mol. The molecule has 1 aromatic carbocycles. The van der Waals surface area contributed by atoms with Gasteiger partial charge < -0.3 is 15.3 Å². The molecule has 1 fully saturated rings. The molecule has 1 aliphatic heterocycles. The Labute approximate surface area is 132 Å². The van der Waals surface area contributed by atoms with Crippen LogP contribution in [0.25, 0.3) is 0 Å². The molecule has 2 N–H and O–H groups in total. The first-order valence-corrected chi connectivity index (χ1v) is 8.12. The first kappa shape index (κ1) is 16.0. The third-order valence-corrected chi connectivity index (χ3v) is 4.99. The summed E-state index contributed by atoms with van der Waals surface area (Å²) < 4.78 is 0. The number of carboxylic acids is 1. The molecule has 0 spiro atoms. The summed E-state index contributed by atoms with van der Waals surface area (Å²) in [6.45, 7) is 0. The second kappa shape index (κ2) is 7.04. The third kappa shape index (κ3) is 3.83. The molecule has 0 aromatic heterocycles. The minimum Gasteiger partial charge on any atom is -0.479 e. The number of halogens is 1. The van der Waals surface area contributed by atoms with Gasteiger partial charge in [-0.3, -0.25) is 0 Å². The highest BCUT2D eigenvalue weighted by molar-refractivity contribution is 7.99. The first-order valence-electron chi connectivity index (χ1n) is 6.59. The molecule has 2 atom stereocenters. The molecule has 21 heavy (non-hydrogen) atoms. The Bertz CT molecular complexity index is 535. The maximum atomic E-state index is 12.2. The van der Waals surface area contributed by atoms with E-state index in [1.807, 2.05) is 0 Å². The highest BCUT2D eigenvalue weighted by atomic mass is 35.5. The van der Waals surface area contributed by atoms with Crippen molar-refractivity contribution in [3.8, 4) is 0 Å². The van der Waals surface area contributed by atoms with Gasteiger partial charge in [0.05, 0.1) is 0 Å². The predicted octanol–water partition coefficient (Wildman–Crippen LogP) is 2.61. The number of thioether (sulfide) groups is 1. The van der Waals surface area contributed by atoms with Crippen LogP contribution in [0.15, 0.2) is 24.3 Å². The Kier molecular flexibility index (Phi) is 5.36. The number of nitrogens with zero attached hydrogens (tertiary/aromatic N) is 1. The van der Waals surface area contributed by atoms with Crippen molar-refractivity contribution in [2.75, 3.05) is 18.6 Å². The van der Waals surface area contributed by atoms with Crippen molar-refractivity contribution in [1.29, 1.82) is 0 Å². The smallest absolute Gasteiger partial charge is 0.331 e. The normalized spacial score (nSPS) is 19.0. The molecule has 114 valence electrons. The van der Waals surface area contributed by atoms with Crippen LogP contribution < -0.4 is 5.32 Å². The van der Waals surface area contributed by atoms with Gasteiger partial charge in [0, 0.05) is 29.4 Å². The van der Waals surface area contributed by atoms with E-state index < -0.39 is 18.0 Å². The zero-order chi connectivity index (χ0) is 15.4. The molecule has 1 saturated heterocycles. The second-order valence-electron chi connectivity index (χ2n) is 4.87. The van der Waals surface area contributed by atoms with Crippen molar-refractivity contribution in [3.05, 3.63) is 34.9 Å². The molecular weight excluding hydrogens is 312 g/mol. The van der Waals surface area contributed by atoms with Gasteiger partial charge in [-0.25, -0.2) is 9.59 Å². The number of urea groups is 1. The van der Waals surface area contributed by atoms with Crippen molar-refractivity contribution in [1.82, 2.24) is 10.2 Å². The number of nitrogens with one attached hydrogen (secondary N) is 1. The minimum atomic E-state index is -1.15. The van der Waals surface area contributed by atoms with Gasteiger partial charge in [-0.2, -0.15) is 11.8 Å². The molecule has 1 heterocycles. The molecule has 0 aliphatic carbocycles. The number of hydrogen-bond acceptors (Lipinski definition) is 3. The molecule has 1 unspecified atom stereocenters. The van der Waals surface area contributed by atoms with E-state index in [9.17, 15) is 14.7 Å². The van der Waals surface area contributed by atoms with Crippen molar-refractivity contribution in [2.45, 2.75) is 18.5 Å².